The summed E-state index contributed by atoms with van der Waals surface area (Å²) < 4.78 is 7.32. The third kappa shape index (κ3) is 4.38. The summed E-state index contributed by atoms with van der Waals surface area (Å²) in [6.07, 6.45) is 0. The molecule has 0 aromatic heterocycles. The highest BCUT2D eigenvalue weighted by Crippen LogP contribution is 2.67. The van der Waals surface area contributed by atoms with Crippen LogP contribution in [0.2, 0.25) is 0 Å². The Hall–Kier alpha value is -1.91. The summed E-state index contributed by atoms with van der Waals surface area (Å²) in [5.41, 5.74) is 0. The lowest BCUT2D eigenvalue weighted by Gasteiger charge is -2.33. The zero-order valence-corrected chi connectivity index (χ0v) is 20.9. The molecule has 4 rings (SSSR count). The molecule has 0 unspecified atom stereocenters. The van der Waals surface area contributed by atoms with E-state index in [9.17, 15) is 0 Å². The molecule has 31 heavy (non-hydrogen) atoms. The molecule has 0 aliphatic rings. The van der Waals surface area contributed by atoms with Gasteiger partial charge < -0.3 is 0 Å². The SMILES string of the molecule is [Si]N[P+](C[P+](N[Si])(c1ccccc1)c1ccccc1)(c1ccccc1)c1ccccc1. The third-order valence-electron chi connectivity index (χ3n) is 5.59. The monoisotopic (exact) mass is 470 g/mol. The molecule has 0 aliphatic heterocycles. The fourth-order valence-corrected chi connectivity index (χ4v) is 16.4. The molecule has 0 spiro atoms. The molecule has 0 saturated carbocycles. The highest BCUT2D eigenvalue weighted by molar-refractivity contribution is 8.03. The topological polar surface area (TPSA) is 24.1 Å². The first-order chi connectivity index (χ1) is 15.2. The molecule has 0 saturated heterocycles. The largest absolute Gasteiger partial charge is 0.210 e. The second kappa shape index (κ2) is 10.1. The van der Waals surface area contributed by atoms with E-state index in [2.05, 4.69) is 152 Å². The van der Waals surface area contributed by atoms with E-state index >= 15 is 0 Å². The van der Waals surface area contributed by atoms with E-state index in [0.29, 0.717) is 0 Å². The summed E-state index contributed by atoms with van der Waals surface area (Å²) in [7, 11) is 3.55. The molecule has 0 bridgehead atoms. The second-order valence-corrected chi connectivity index (χ2v) is 15.6. The van der Waals surface area contributed by atoms with Crippen molar-refractivity contribution in [1.29, 1.82) is 0 Å². The Balaban J connectivity index is 1.98. The molecule has 0 amide bonds. The Kier molecular flexibility index (Phi) is 7.29. The summed E-state index contributed by atoms with van der Waals surface area (Å²) in [5, 5.41) is 5.26. The standard InChI is InChI=1S/C25H24N2P2Si2/c30-26-28(22-13-5-1-6-14-22,23-15-7-2-8-16-23)21-29(27-31,24-17-9-3-10-18-24)25-19-11-4-12-20-25/h1-20,26-27H,21H2/q+2. The lowest BCUT2D eigenvalue weighted by Crippen LogP contribution is -2.42. The van der Waals surface area contributed by atoms with E-state index in [-0.39, 0.29) is 0 Å². The van der Waals surface area contributed by atoms with Crippen molar-refractivity contribution in [2.75, 3.05) is 5.90 Å². The van der Waals surface area contributed by atoms with E-state index in [1.807, 2.05) is 0 Å². The Morgan fingerprint density at radius 3 is 0.839 bits per heavy atom. The van der Waals surface area contributed by atoms with Crippen LogP contribution >= 0.6 is 14.8 Å². The van der Waals surface area contributed by atoms with Gasteiger partial charge in [0.15, 0.2) is 35.6 Å². The van der Waals surface area contributed by atoms with Gasteiger partial charge in [0.1, 0.15) is 21.2 Å². The minimum Gasteiger partial charge on any atom is -0.210 e. The van der Waals surface area contributed by atoms with E-state index in [1.54, 1.807) is 0 Å². The molecule has 2 nitrogen and oxygen atoms in total. The molecule has 6 heteroatoms. The molecule has 0 aliphatic carbocycles. The zero-order chi connectivity index (χ0) is 21.6. The lowest BCUT2D eigenvalue weighted by atomic mass is 10.4. The van der Waals surface area contributed by atoms with Gasteiger partial charge in [0.25, 0.3) is 0 Å². The van der Waals surface area contributed by atoms with E-state index in [4.69, 9.17) is 0 Å². The van der Waals surface area contributed by atoms with E-state index in [0.717, 1.165) is 5.90 Å². The van der Waals surface area contributed by atoms with Gasteiger partial charge in [-0.3, -0.25) is 0 Å². The van der Waals surface area contributed by atoms with Crippen LogP contribution in [0.5, 0.6) is 0 Å². The second-order valence-electron chi connectivity index (χ2n) is 7.33. The van der Waals surface area contributed by atoms with Crippen LogP contribution < -0.4 is 30.7 Å². The van der Waals surface area contributed by atoms with Gasteiger partial charge in [-0.15, -0.1) is 0 Å². The molecule has 6 radical (unpaired) electrons. The quantitative estimate of drug-likeness (QED) is 0.305. The predicted molar refractivity (Wildman–Crippen MR) is 141 cm³/mol. The number of hydrogen-bond acceptors (Lipinski definition) is 2. The van der Waals surface area contributed by atoms with Crippen LogP contribution in [0.1, 0.15) is 0 Å². The van der Waals surface area contributed by atoms with Gasteiger partial charge in [0.05, 0.1) is 0 Å². The first kappa shape index (κ1) is 22.3. The molecule has 4 aromatic carbocycles. The normalized spacial score (nSPS) is 11.9. The predicted octanol–water partition coefficient (Wildman–Crippen LogP) is 3.46. The highest BCUT2D eigenvalue weighted by Gasteiger charge is 2.56. The van der Waals surface area contributed by atoms with Crippen LogP contribution in [0.15, 0.2) is 121 Å². The van der Waals surface area contributed by atoms with Crippen LogP contribution in [-0.4, -0.2) is 26.7 Å². The Labute approximate surface area is 193 Å². The number of rotatable bonds is 8. The molecular weight excluding hydrogens is 446 g/mol. The molecular formula is C25H24N2P2Si2+2. The molecule has 2 N–H and O–H groups in total. The summed E-state index contributed by atoms with van der Waals surface area (Å²) in [5.74, 6) is 0.926. The first-order valence-corrected chi connectivity index (χ1v) is 15.1. The summed E-state index contributed by atoms with van der Waals surface area (Å²) >= 11 is 0. The Morgan fingerprint density at radius 2 is 0.645 bits per heavy atom. The van der Waals surface area contributed by atoms with Gasteiger partial charge >= 0.3 is 0 Å². The van der Waals surface area contributed by atoms with Crippen LogP contribution in [0.25, 0.3) is 0 Å². The van der Waals surface area contributed by atoms with Crippen LogP contribution in [0.4, 0.5) is 0 Å². The molecule has 0 heterocycles. The molecule has 0 atom stereocenters. The van der Waals surface area contributed by atoms with Crippen molar-refractivity contribution in [2.24, 2.45) is 0 Å². The first-order valence-electron chi connectivity index (χ1n) is 10.1. The Morgan fingerprint density at radius 1 is 0.419 bits per heavy atom. The third-order valence-corrected chi connectivity index (χ3v) is 16.8. The highest BCUT2D eigenvalue weighted by atomic mass is 31.2. The van der Waals surface area contributed by atoms with Crippen molar-refractivity contribution in [2.45, 2.75) is 0 Å². The average Bonchev–Trinajstić information content (AvgIpc) is 2.87. The van der Waals surface area contributed by atoms with Crippen molar-refractivity contribution in [3.8, 4) is 0 Å². The van der Waals surface area contributed by atoms with Crippen LogP contribution in [0.3, 0.4) is 0 Å². The van der Waals surface area contributed by atoms with Gasteiger partial charge in [-0.05, 0) is 48.5 Å². The van der Waals surface area contributed by atoms with Gasteiger partial charge in [-0.25, -0.2) is 9.51 Å². The smallest absolute Gasteiger partial charge is 0.208 e. The fraction of sp³-hybridized carbons (Fsp3) is 0.0400. The molecule has 150 valence electrons. The maximum absolute atomic E-state index is 3.81. The van der Waals surface area contributed by atoms with Gasteiger partial charge in [0, 0.05) is 0 Å². The fourth-order valence-electron chi connectivity index (χ4n) is 4.00. The zero-order valence-electron chi connectivity index (χ0n) is 17.1. The van der Waals surface area contributed by atoms with Crippen molar-refractivity contribution < 1.29 is 0 Å². The minimum atomic E-state index is -2.03. The average molecular weight is 471 g/mol. The van der Waals surface area contributed by atoms with Crippen molar-refractivity contribution in [3.63, 3.8) is 0 Å². The van der Waals surface area contributed by atoms with Crippen molar-refractivity contribution in [3.05, 3.63) is 121 Å². The lowest BCUT2D eigenvalue weighted by molar-refractivity contribution is 1.52. The van der Waals surface area contributed by atoms with E-state index < -0.39 is 14.8 Å². The Bertz CT molecular complexity index is 914. The summed E-state index contributed by atoms with van der Waals surface area (Å²) in [6.45, 7) is 0. The maximum atomic E-state index is 3.81. The number of benzene rings is 4. The number of nitrogens with one attached hydrogen (secondary N) is 2. The van der Waals surface area contributed by atoms with E-state index in [1.165, 1.54) is 21.2 Å². The molecule has 0 fully saturated rings. The number of hydrogen-bond donors (Lipinski definition) is 2. The minimum absolute atomic E-state index is 0.926. The van der Waals surface area contributed by atoms with Crippen molar-refractivity contribution >= 4 is 56.9 Å². The van der Waals surface area contributed by atoms with Crippen LogP contribution in [0, 0.1) is 0 Å². The summed E-state index contributed by atoms with van der Waals surface area (Å²) in [6, 6.07) is 43.3. The van der Waals surface area contributed by atoms with Gasteiger partial charge in [0.2, 0.25) is 5.90 Å². The summed E-state index contributed by atoms with van der Waals surface area (Å²) in [4.78, 5) is 0. The maximum Gasteiger partial charge on any atom is 0.208 e. The van der Waals surface area contributed by atoms with Gasteiger partial charge in [-0.1, -0.05) is 72.8 Å². The molecule has 4 aromatic rings. The van der Waals surface area contributed by atoms with Gasteiger partial charge in [-0.2, -0.15) is 0 Å². The van der Waals surface area contributed by atoms with Crippen molar-refractivity contribution in [1.82, 2.24) is 9.51 Å². The van der Waals surface area contributed by atoms with Crippen LogP contribution in [-0.2, 0) is 0 Å².